The van der Waals surface area contributed by atoms with E-state index in [0.29, 0.717) is 23.5 Å². The summed E-state index contributed by atoms with van der Waals surface area (Å²) in [6.07, 6.45) is 0. The van der Waals surface area contributed by atoms with Crippen molar-refractivity contribution in [1.82, 2.24) is 0 Å². The van der Waals surface area contributed by atoms with Crippen LogP contribution in [0.4, 0.5) is 0 Å². The van der Waals surface area contributed by atoms with E-state index in [1.807, 2.05) is 6.07 Å². The van der Waals surface area contributed by atoms with Crippen LogP contribution in [-0.4, -0.2) is 18.3 Å². The van der Waals surface area contributed by atoms with E-state index in [1.165, 1.54) is 0 Å². The Morgan fingerprint density at radius 3 is 2.57 bits per heavy atom. The first-order valence-corrected chi connectivity index (χ1v) is 4.69. The molecule has 0 aliphatic heterocycles. The van der Waals surface area contributed by atoms with E-state index in [-0.39, 0.29) is 5.97 Å². The Morgan fingerprint density at radius 1 is 1.43 bits per heavy atom. The molecular formula is C10H9NO2S. The van der Waals surface area contributed by atoms with Gasteiger partial charge in [0.05, 0.1) is 17.2 Å². The zero-order valence-electron chi connectivity index (χ0n) is 7.43. The Kier molecular flexibility index (Phi) is 4.02. The summed E-state index contributed by atoms with van der Waals surface area (Å²) < 4.78 is 4.85. The molecule has 0 bridgehead atoms. The molecule has 1 rings (SSSR count). The second kappa shape index (κ2) is 5.30. The maximum atomic E-state index is 11.3. The number of carbonyl (C=O) groups excluding carboxylic acids is 1. The summed E-state index contributed by atoms with van der Waals surface area (Å²) in [5.74, 6) is 0.116. The van der Waals surface area contributed by atoms with Crippen LogP contribution in [-0.2, 0) is 4.74 Å². The van der Waals surface area contributed by atoms with Gasteiger partial charge in [0.15, 0.2) is 0 Å². The van der Waals surface area contributed by atoms with E-state index >= 15 is 0 Å². The molecule has 0 aromatic heterocycles. The lowest BCUT2D eigenvalue weighted by Gasteiger charge is -2.01. The number of hydrogen-bond donors (Lipinski definition) is 1. The molecule has 3 nitrogen and oxygen atoms in total. The highest BCUT2D eigenvalue weighted by molar-refractivity contribution is 7.80. The summed E-state index contributed by atoms with van der Waals surface area (Å²) in [5.41, 5.74) is 0.974. The summed E-state index contributed by atoms with van der Waals surface area (Å²) in [7, 11) is 0. The zero-order valence-corrected chi connectivity index (χ0v) is 8.33. The van der Waals surface area contributed by atoms with Gasteiger partial charge in [0.25, 0.3) is 0 Å². The average Bonchev–Trinajstić information content (AvgIpc) is 2.26. The number of nitriles is 1. The molecule has 1 aromatic rings. The SMILES string of the molecule is N#Cc1ccc(C(=O)OCCS)cc1. The highest BCUT2D eigenvalue weighted by atomic mass is 32.1. The van der Waals surface area contributed by atoms with E-state index in [0.717, 1.165) is 0 Å². The van der Waals surface area contributed by atoms with Gasteiger partial charge in [-0.25, -0.2) is 4.79 Å². The van der Waals surface area contributed by atoms with E-state index in [2.05, 4.69) is 12.6 Å². The number of benzene rings is 1. The lowest BCUT2D eigenvalue weighted by atomic mass is 10.1. The molecule has 0 fully saturated rings. The molecule has 0 aliphatic rings. The van der Waals surface area contributed by atoms with E-state index in [1.54, 1.807) is 24.3 Å². The molecule has 0 saturated carbocycles. The van der Waals surface area contributed by atoms with Gasteiger partial charge in [0.1, 0.15) is 6.61 Å². The molecule has 0 spiro atoms. The maximum Gasteiger partial charge on any atom is 0.338 e. The number of nitrogens with zero attached hydrogens (tertiary/aromatic N) is 1. The molecule has 1 aromatic carbocycles. The third-order valence-corrected chi connectivity index (χ3v) is 1.76. The van der Waals surface area contributed by atoms with Crippen molar-refractivity contribution in [3.8, 4) is 6.07 Å². The second-order valence-electron chi connectivity index (χ2n) is 2.55. The Labute approximate surface area is 87.7 Å². The van der Waals surface area contributed by atoms with Crippen LogP contribution in [0.2, 0.25) is 0 Å². The normalized spacial score (nSPS) is 9.14. The molecule has 72 valence electrons. The van der Waals surface area contributed by atoms with Crippen molar-refractivity contribution in [2.75, 3.05) is 12.4 Å². The van der Waals surface area contributed by atoms with Gasteiger partial charge in [-0.05, 0) is 24.3 Å². The first-order valence-electron chi connectivity index (χ1n) is 4.06. The van der Waals surface area contributed by atoms with Crippen molar-refractivity contribution < 1.29 is 9.53 Å². The molecule has 4 heteroatoms. The van der Waals surface area contributed by atoms with Crippen LogP contribution >= 0.6 is 12.6 Å². The minimum Gasteiger partial charge on any atom is -0.461 e. The minimum atomic E-state index is -0.386. The summed E-state index contributed by atoms with van der Waals surface area (Å²) in [5, 5.41) is 8.53. The molecule has 0 atom stereocenters. The van der Waals surface area contributed by atoms with E-state index < -0.39 is 0 Å². The second-order valence-corrected chi connectivity index (χ2v) is 3.00. The Bertz CT molecular complexity index is 353. The summed E-state index contributed by atoms with van der Waals surface area (Å²) in [6.45, 7) is 0.294. The fourth-order valence-electron chi connectivity index (χ4n) is 0.903. The number of thiol groups is 1. The van der Waals surface area contributed by atoms with Crippen LogP contribution in [0.3, 0.4) is 0 Å². The molecule has 0 heterocycles. The van der Waals surface area contributed by atoms with E-state index in [9.17, 15) is 4.79 Å². The number of hydrogen-bond acceptors (Lipinski definition) is 4. The van der Waals surface area contributed by atoms with Crippen molar-refractivity contribution >= 4 is 18.6 Å². The van der Waals surface area contributed by atoms with Gasteiger partial charge in [0.2, 0.25) is 0 Å². The molecule has 0 saturated heterocycles. The summed E-state index contributed by atoms with van der Waals surface area (Å²) in [6, 6.07) is 8.27. The number of carbonyl (C=O) groups is 1. The smallest absolute Gasteiger partial charge is 0.338 e. The third kappa shape index (κ3) is 2.79. The molecule has 0 amide bonds. The quantitative estimate of drug-likeness (QED) is 0.605. The van der Waals surface area contributed by atoms with Gasteiger partial charge in [0, 0.05) is 5.75 Å². The van der Waals surface area contributed by atoms with Crippen LogP contribution in [0.25, 0.3) is 0 Å². The molecular weight excluding hydrogens is 198 g/mol. The van der Waals surface area contributed by atoms with Gasteiger partial charge in [-0.3, -0.25) is 0 Å². The molecule has 0 N–H and O–H groups in total. The first-order chi connectivity index (χ1) is 6.77. The topological polar surface area (TPSA) is 50.1 Å². The van der Waals surface area contributed by atoms with Crippen molar-refractivity contribution in [3.05, 3.63) is 35.4 Å². The Hall–Kier alpha value is -1.47. The average molecular weight is 207 g/mol. The van der Waals surface area contributed by atoms with Crippen LogP contribution in [0.5, 0.6) is 0 Å². The third-order valence-electron chi connectivity index (χ3n) is 1.57. The van der Waals surface area contributed by atoms with Crippen LogP contribution in [0.15, 0.2) is 24.3 Å². The van der Waals surface area contributed by atoms with Gasteiger partial charge >= 0.3 is 5.97 Å². The standard InChI is InChI=1S/C10H9NO2S/c11-7-8-1-3-9(4-2-8)10(12)13-5-6-14/h1-4,14H,5-6H2. The van der Waals surface area contributed by atoms with E-state index in [4.69, 9.17) is 10.00 Å². The van der Waals surface area contributed by atoms with Gasteiger partial charge in [-0.2, -0.15) is 17.9 Å². The minimum absolute atomic E-state index is 0.294. The maximum absolute atomic E-state index is 11.3. The molecule has 0 unspecified atom stereocenters. The van der Waals surface area contributed by atoms with Crippen LogP contribution in [0.1, 0.15) is 15.9 Å². The monoisotopic (exact) mass is 207 g/mol. The lowest BCUT2D eigenvalue weighted by molar-refractivity contribution is 0.0530. The molecule has 0 radical (unpaired) electrons. The summed E-state index contributed by atoms with van der Waals surface area (Å²) >= 11 is 3.92. The highest BCUT2D eigenvalue weighted by Gasteiger charge is 2.05. The molecule has 14 heavy (non-hydrogen) atoms. The van der Waals surface area contributed by atoms with Crippen molar-refractivity contribution in [3.63, 3.8) is 0 Å². The largest absolute Gasteiger partial charge is 0.461 e. The number of rotatable bonds is 3. The Morgan fingerprint density at radius 2 is 2.07 bits per heavy atom. The fourth-order valence-corrected chi connectivity index (χ4v) is 0.994. The number of ether oxygens (including phenoxy) is 1. The van der Waals surface area contributed by atoms with Gasteiger partial charge < -0.3 is 4.74 Å². The molecule has 0 aliphatic carbocycles. The van der Waals surface area contributed by atoms with Crippen LogP contribution in [0, 0.1) is 11.3 Å². The van der Waals surface area contributed by atoms with Crippen molar-refractivity contribution in [2.45, 2.75) is 0 Å². The summed E-state index contributed by atoms with van der Waals surface area (Å²) in [4.78, 5) is 11.3. The van der Waals surface area contributed by atoms with Crippen LogP contribution < -0.4 is 0 Å². The van der Waals surface area contributed by atoms with Gasteiger partial charge in [-0.15, -0.1) is 0 Å². The first kappa shape index (κ1) is 10.6. The lowest BCUT2D eigenvalue weighted by Crippen LogP contribution is -2.06. The fraction of sp³-hybridized carbons (Fsp3) is 0.200. The van der Waals surface area contributed by atoms with Crippen molar-refractivity contribution in [1.29, 1.82) is 5.26 Å². The van der Waals surface area contributed by atoms with Crippen molar-refractivity contribution in [2.24, 2.45) is 0 Å². The predicted octanol–water partition coefficient (Wildman–Crippen LogP) is 1.64. The Balaban J connectivity index is 2.68. The predicted molar refractivity (Wildman–Crippen MR) is 55.3 cm³/mol. The number of esters is 1. The highest BCUT2D eigenvalue weighted by Crippen LogP contribution is 2.04. The zero-order chi connectivity index (χ0) is 10.4. The van der Waals surface area contributed by atoms with Gasteiger partial charge in [-0.1, -0.05) is 0 Å².